The number of nitrogens with one attached hydrogen (secondary N) is 2. The topological polar surface area (TPSA) is 80.3 Å². The third kappa shape index (κ3) is 5.91. The minimum absolute atomic E-state index is 0.00555. The summed E-state index contributed by atoms with van der Waals surface area (Å²) in [5.74, 6) is -0.0439. The van der Waals surface area contributed by atoms with E-state index in [1.54, 1.807) is 13.3 Å². The van der Waals surface area contributed by atoms with E-state index in [0.717, 1.165) is 25.7 Å². The molecule has 2 rings (SSSR count). The zero-order valence-corrected chi connectivity index (χ0v) is 14.4. The summed E-state index contributed by atoms with van der Waals surface area (Å²) in [7, 11) is 1.61. The molecule has 0 spiro atoms. The van der Waals surface area contributed by atoms with Crippen molar-refractivity contribution in [2.45, 2.75) is 44.9 Å². The van der Waals surface area contributed by atoms with Crippen molar-refractivity contribution in [1.82, 2.24) is 10.3 Å². The van der Waals surface area contributed by atoms with Crippen LogP contribution in [0.3, 0.4) is 0 Å². The van der Waals surface area contributed by atoms with Gasteiger partial charge in [0.1, 0.15) is 0 Å². The maximum atomic E-state index is 12.3. The van der Waals surface area contributed by atoms with Crippen LogP contribution in [0, 0.1) is 5.41 Å². The first-order valence-corrected chi connectivity index (χ1v) is 8.96. The molecule has 0 unspecified atom stereocenters. The summed E-state index contributed by atoms with van der Waals surface area (Å²) in [6, 6.07) is 0. The molecule has 0 aliphatic heterocycles. The van der Waals surface area contributed by atoms with Gasteiger partial charge in [-0.25, -0.2) is 4.98 Å². The minimum Gasteiger partial charge on any atom is -0.383 e. The first kappa shape index (κ1) is 17.9. The zero-order chi connectivity index (χ0) is 16.5. The number of hydrogen-bond donors (Lipinski definition) is 2. The molecular weight excluding hydrogens is 314 g/mol. The fourth-order valence-corrected chi connectivity index (χ4v) is 3.75. The standard InChI is InChI=1S/C16H25N3O3S/c1-22-9-7-17-13(20)11-16(5-3-2-4-6-16)12-14(21)19-15-18-8-10-23-15/h8,10H,2-7,9,11-12H2,1H3,(H,17,20)(H,18,19,21). The smallest absolute Gasteiger partial charge is 0.226 e. The molecule has 1 aliphatic carbocycles. The van der Waals surface area contributed by atoms with E-state index < -0.39 is 0 Å². The maximum Gasteiger partial charge on any atom is 0.226 e. The van der Waals surface area contributed by atoms with Crippen LogP contribution in [0.1, 0.15) is 44.9 Å². The van der Waals surface area contributed by atoms with Crippen molar-refractivity contribution in [3.63, 3.8) is 0 Å². The lowest BCUT2D eigenvalue weighted by atomic mass is 9.69. The lowest BCUT2D eigenvalue weighted by molar-refractivity contribution is -0.126. The Balaban J connectivity index is 1.91. The third-order valence-corrected chi connectivity index (χ3v) is 4.98. The monoisotopic (exact) mass is 339 g/mol. The lowest BCUT2D eigenvalue weighted by Gasteiger charge is -2.36. The minimum atomic E-state index is -0.225. The van der Waals surface area contributed by atoms with Crippen LogP contribution >= 0.6 is 11.3 Å². The Bertz CT molecular complexity index is 499. The molecule has 6 nitrogen and oxygen atoms in total. The summed E-state index contributed by atoms with van der Waals surface area (Å²) in [6.07, 6.45) is 7.64. The number of carbonyl (C=O) groups excluding carboxylic acids is 2. The number of aromatic nitrogens is 1. The van der Waals surface area contributed by atoms with Gasteiger partial charge in [0.2, 0.25) is 11.8 Å². The molecule has 7 heteroatoms. The second kappa shape index (κ2) is 8.98. The Hall–Kier alpha value is -1.47. The van der Waals surface area contributed by atoms with Gasteiger partial charge in [-0.1, -0.05) is 19.3 Å². The van der Waals surface area contributed by atoms with Crippen LogP contribution in [0.5, 0.6) is 0 Å². The van der Waals surface area contributed by atoms with E-state index in [1.165, 1.54) is 17.8 Å². The van der Waals surface area contributed by atoms with E-state index >= 15 is 0 Å². The molecule has 2 amide bonds. The van der Waals surface area contributed by atoms with Crippen molar-refractivity contribution >= 4 is 28.3 Å². The van der Waals surface area contributed by atoms with Gasteiger partial charge in [0.15, 0.2) is 5.13 Å². The van der Waals surface area contributed by atoms with Crippen molar-refractivity contribution in [3.05, 3.63) is 11.6 Å². The van der Waals surface area contributed by atoms with Crippen molar-refractivity contribution in [3.8, 4) is 0 Å². The molecular formula is C16H25N3O3S. The summed E-state index contributed by atoms with van der Waals surface area (Å²) in [5.41, 5.74) is -0.225. The number of methoxy groups -OCH3 is 1. The molecule has 0 atom stereocenters. The molecule has 0 saturated heterocycles. The largest absolute Gasteiger partial charge is 0.383 e. The number of amides is 2. The quantitative estimate of drug-likeness (QED) is 0.713. The molecule has 1 aromatic heterocycles. The number of rotatable bonds is 8. The molecule has 0 bridgehead atoms. The van der Waals surface area contributed by atoms with Gasteiger partial charge in [-0.3, -0.25) is 9.59 Å². The Morgan fingerprint density at radius 2 is 2.00 bits per heavy atom. The molecule has 1 heterocycles. The third-order valence-electron chi connectivity index (χ3n) is 4.29. The van der Waals surface area contributed by atoms with E-state index in [0.29, 0.717) is 31.1 Å². The second-order valence-corrected chi connectivity index (χ2v) is 7.04. The molecule has 1 aliphatic rings. The van der Waals surface area contributed by atoms with E-state index in [9.17, 15) is 9.59 Å². The number of thiazole rings is 1. The van der Waals surface area contributed by atoms with Crippen LogP contribution in [0.15, 0.2) is 11.6 Å². The summed E-state index contributed by atoms with van der Waals surface area (Å²) in [5, 5.41) is 8.15. The number of nitrogens with zero attached hydrogens (tertiary/aromatic N) is 1. The molecule has 23 heavy (non-hydrogen) atoms. The highest BCUT2D eigenvalue weighted by molar-refractivity contribution is 7.13. The highest BCUT2D eigenvalue weighted by atomic mass is 32.1. The number of ether oxygens (including phenoxy) is 1. The highest BCUT2D eigenvalue weighted by Gasteiger charge is 2.36. The molecule has 0 aromatic carbocycles. The second-order valence-electron chi connectivity index (χ2n) is 6.14. The van der Waals surface area contributed by atoms with Gasteiger partial charge in [0, 0.05) is 38.1 Å². The summed E-state index contributed by atoms with van der Waals surface area (Å²) in [6.45, 7) is 1.01. The number of hydrogen-bond acceptors (Lipinski definition) is 5. The Labute approximate surface area is 141 Å². The molecule has 1 fully saturated rings. The first-order valence-electron chi connectivity index (χ1n) is 8.09. The van der Waals surface area contributed by atoms with Gasteiger partial charge in [0.25, 0.3) is 0 Å². The lowest BCUT2D eigenvalue weighted by Crippen LogP contribution is -2.37. The highest BCUT2D eigenvalue weighted by Crippen LogP contribution is 2.42. The predicted octanol–water partition coefficient (Wildman–Crippen LogP) is 2.57. The Morgan fingerprint density at radius 1 is 1.26 bits per heavy atom. The molecule has 2 N–H and O–H groups in total. The number of anilines is 1. The van der Waals surface area contributed by atoms with Crippen molar-refractivity contribution in [2.24, 2.45) is 5.41 Å². The van der Waals surface area contributed by atoms with Gasteiger partial charge in [-0.05, 0) is 18.3 Å². The van der Waals surface area contributed by atoms with Crippen LogP contribution in [-0.2, 0) is 14.3 Å². The first-order chi connectivity index (χ1) is 11.1. The van der Waals surface area contributed by atoms with E-state index in [4.69, 9.17) is 4.74 Å². The van der Waals surface area contributed by atoms with Crippen LogP contribution in [0.4, 0.5) is 5.13 Å². The Morgan fingerprint density at radius 3 is 2.65 bits per heavy atom. The fraction of sp³-hybridized carbons (Fsp3) is 0.688. The van der Waals surface area contributed by atoms with E-state index in [-0.39, 0.29) is 17.2 Å². The van der Waals surface area contributed by atoms with Gasteiger partial charge in [-0.2, -0.15) is 0 Å². The fourth-order valence-electron chi connectivity index (χ4n) is 3.20. The molecule has 0 radical (unpaired) electrons. The maximum absolute atomic E-state index is 12.3. The molecule has 128 valence electrons. The van der Waals surface area contributed by atoms with Gasteiger partial charge < -0.3 is 15.4 Å². The molecule has 1 aromatic rings. The van der Waals surface area contributed by atoms with E-state index in [1.807, 2.05) is 5.38 Å². The Kier molecular flexibility index (Phi) is 6.98. The average Bonchev–Trinajstić information content (AvgIpc) is 3.00. The zero-order valence-electron chi connectivity index (χ0n) is 13.6. The number of carbonyl (C=O) groups is 2. The van der Waals surface area contributed by atoms with Gasteiger partial charge >= 0.3 is 0 Å². The van der Waals surface area contributed by atoms with Gasteiger partial charge in [0.05, 0.1) is 6.61 Å². The normalized spacial score (nSPS) is 16.7. The van der Waals surface area contributed by atoms with Crippen molar-refractivity contribution < 1.29 is 14.3 Å². The van der Waals surface area contributed by atoms with Crippen molar-refractivity contribution in [1.29, 1.82) is 0 Å². The molecule has 1 saturated carbocycles. The van der Waals surface area contributed by atoms with Crippen molar-refractivity contribution in [2.75, 3.05) is 25.6 Å². The SMILES string of the molecule is COCCNC(=O)CC1(CC(=O)Nc2nccs2)CCCCC1. The van der Waals surface area contributed by atoms with Gasteiger partial charge in [-0.15, -0.1) is 11.3 Å². The van der Waals surface area contributed by atoms with Crippen LogP contribution in [-0.4, -0.2) is 37.1 Å². The van der Waals surface area contributed by atoms with E-state index in [2.05, 4.69) is 15.6 Å². The summed E-state index contributed by atoms with van der Waals surface area (Å²) < 4.78 is 4.95. The summed E-state index contributed by atoms with van der Waals surface area (Å²) in [4.78, 5) is 28.6. The average molecular weight is 339 g/mol. The van der Waals surface area contributed by atoms with Crippen LogP contribution < -0.4 is 10.6 Å². The predicted molar refractivity (Wildman–Crippen MR) is 90.4 cm³/mol. The summed E-state index contributed by atoms with van der Waals surface area (Å²) >= 11 is 1.40. The van der Waals surface area contributed by atoms with Crippen LogP contribution in [0.2, 0.25) is 0 Å². The van der Waals surface area contributed by atoms with Crippen LogP contribution in [0.25, 0.3) is 0 Å².